The molecule has 4 rings (SSSR count). The number of thioether (sulfide) groups is 1. The molecule has 0 aliphatic heterocycles. The van der Waals surface area contributed by atoms with Crippen molar-refractivity contribution in [3.8, 4) is 11.5 Å². The predicted octanol–water partition coefficient (Wildman–Crippen LogP) is 4.46. The number of hydrogen-bond donors (Lipinski definition) is 1. The molecule has 0 radical (unpaired) electrons. The molecule has 0 aliphatic rings. The van der Waals surface area contributed by atoms with Crippen LogP contribution in [-0.2, 0) is 11.8 Å². The Morgan fingerprint density at radius 2 is 1.73 bits per heavy atom. The molecule has 1 N–H and O–H groups in total. The Bertz CT molecular complexity index is 1260. The molecule has 4 aromatic rings. The number of nitrogens with zero attached hydrogens (tertiary/aromatic N) is 2. The summed E-state index contributed by atoms with van der Waals surface area (Å²) in [4.78, 5) is 29.4. The first-order valence-corrected chi connectivity index (χ1v) is 10.3. The summed E-state index contributed by atoms with van der Waals surface area (Å²) in [7, 11) is 1.66. The van der Waals surface area contributed by atoms with Gasteiger partial charge in [0, 0.05) is 18.8 Å². The molecule has 150 valence electrons. The number of para-hydroxylation sites is 2. The average molecular weight is 417 g/mol. The molecule has 30 heavy (non-hydrogen) atoms. The fourth-order valence-corrected chi connectivity index (χ4v) is 3.69. The first-order chi connectivity index (χ1) is 14.6. The van der Waals surface area contributed by atoms with Crippen molar-refractivity contribution in [2.45, 2.75) is 5.16 Å². The van der Waals surface area contributed by atoms with Gasteiger partial charge in [0.05, 0.1) is 16.7 Å². The molecule has 0 saturated carbocycles. The van der Waals surface area contributed by atoms with Crippen LogP contribution in [0.2, 0.25) is 0 Å². The van der Waals surface area contributed by atoms with Crippen molar-refractivity contribution in [1.82, 2.24) is 9.55 Å². The van der Waals surface area contributed by atoms with Crippen LogP contribution in [0.15, 0.2) is 88.8 Å². The van der Waals surface area contributed by atoms with Gasteiger partial charge in [0.1, 0.15) is 11.5 Å². The molecule has 0 atom stereocenters. The van der Waals surface area contributed by atoms with Crippen LogP contribution in [0.4, 0.5) is 5.69 Å². The minimum Gasteiger partial charge on any atom is -0.457 e. The first-order valence-electron chi connectivity index (χ1n) is 9.31. The lowest BCUT2D eigenvalue weighted by atomic mass is 10.2. The van der Waals surface area contributed by atoms with Crippen molar-refractivity contribution >= 4 is 34.3 Å². The summed E-state index contributed by atoms with van der Waals surface area (Å²) in [6.45, 7) is 0. The van der Waals surface area contributed by atoms with Crippen molar-refractivity contribution in [3.05, 3.63) is 89.2 Å². The topological polar surface area (TPSA) is 73.2 Å². The lowest BCUT2D eigenvalue weighted by Crippen LogP contribution is -2.21. The number of amides is 1. The summed E-state index contributed by atoms with van der Waals surface area (Å²) in [5, 5.41) is 3.91. The Labute approximate surface area is 177 Å². The molecule has 3 aromatic carbocycles. The van der Waals surface area contributed by atoms with Crippen LogP contribution in [0, 0.1) is 0 Å². The Balaban J connectivity index is 1.42. The summed E-state index contributed by atoms with van der Waals surface area (Å²) < 4.78 is 7.26. The highest BCUT2D eigenvalue weighted by Crippen LogP contribution is 2.24. The van der Waals surface area contributed by atoms with E-state index in [1.165, 1.54) is 16.3 Å². The third-order valence-corrected chi connectivity index (χ3v) is 5.40. The SMILES string of the molecule is Cn1c(SCC(=O)Nc2cccc(Oc3ccccc3)c2)nc2ccccc2c1=O. The number of nitrogens with one attached hydrogen (secondary N) is 1. The second kappa shape index (κ2) is 8.84. The van der Waals surface area contributed by atoms with Gasteiger partial charge in [0.15, 0.2) is 5.16 Å². The number of anilines is 1. The van der Waals surface area contributed by atoms with Gasteiger partial charge in [-0.3, -0.25) is 14.2 Å². The largest absolute Gasteiger partial charge is 0.457 e. The standard InChI is InChI=1S/C23H19N3O3S/c1-26-22(28)19-12-5-6-13-20(19)25-23(26)30-15-21(27)24-16-8-7-11-18(14-16)29-17-9-3-2-4-10-17/h2-14H,15H2,1H3,(H,24,27). The highest BCUT2D eigenvalue weighted by molar-refractivity contribution is 7.99. The minimum atomic E-state index is -0.195. The number of fused-ring (bicyclic) bond motifs is 1. The summed E-state index contributed by atoms with van der Waals surface area (Å²) in [6, 6.07) is 23.8. The van der Waals surface area contributed by atoms with Gasteiger partial charge in [-0.15, -0.1) is 0 Å². The maximum atomic E-state index is 12.5. The molecule has 1 amide bonds. The van der Waals surface area contributed by atoms with Crippen molar-refractivity contribution in [1.29, 1.82) is 0 Å². The number of hydrogen-bond acceptors (Lipinski definition) is 5. The molecule has 0 unspecified atom stereocenters. The molecule has 0 fully saturated rings. The van der Waals surface area contributed by atoms with Crippen molar-refractivity contribution in [3.63, 3.8) is 0 Å². The van der Waals surface area contributed by atoms with E-state index >= 15 is 0 Å². The molecule has 0 spiro atoms. The lowest BCUT2D eigenvalue weighted by molar-refractivity contribution is -0.113. The van der Waals surface area contributed by atoms with Crippen LogP contribution in [0.1, 0.15) is 0 Å². The van der Waals surface area contributed by atoms with Gasteiger partial charge in [-0.2, -0.15) is 0 Å². The summed E-state index contributed by atoms with van der Waals surface area (Å²) in [6.07, 6.45) is 0. The monoisotopic (exact) mass is 417 g/mol. The van der Waals surface area contributed by atoms with Gasteiger partial charge in [-0.05, 0) is 36.4 Å². The van der Waals surface area contributed by atoms with Crippen LogP contribution >= 0.6 is 11.8 Å². The van der Waals surface area contributed by atoms with E-state index in [4.69, 9.17) is 4.74 Å². The fraction of sp³-hybridized carbons (Fsp3) is 0.0870. The molecule has 0 saturated heterocycles. The van der Waals surface area contributed by atoms with Crippen LogP contribution in [0.3, 0.4) is 0 Å². The van der Waals surface area contributed by atoms with Gasteiger partial charge in [0.2, 0.25) is 5.91 Å². The third kappa shape index (κ3) is 4.52. The van der Waals surface area contributed by atoms with E-state index in [-0.39, 0.29) is 17.2 Å². The zero-order valence-electron chi connectivity index (χ0n) is 16.2. The smallest absolute Gasteiger partial charge is 0.261 e. The Morgan fingerprint density at radius 3 is 2.57 bits per heavy atom. The number of carbonyl (C=O) groups is 1. The van der Waals surface area contributed by atoms with Gasteiger partial charge in [0.25, 0.3) is 5.56 Å². The van der Waals surface area contributed by atoms with Crippen LogP contribution in [0.25, 0.3) is 10.9 Å². The molecule has 0 aliphatic carbocycles. The normalized spacial score (nSPS) is 10.7. The number of carbonyl (C=O) groups excluding carboxylic acids is 1. The first kappa shape index (κ1) is 19.7. The molecule has 7 heteroatoms. The van der Waals surface area contributed by atoms with Gasteiger partial charge in [-0.25, -0.2) is 4.98 Å². The summed E-state index contributed by atoms with van der Waals surface area (Å²) in [5.74, 6) is 1.28. The van der Waals surface area contributed by atoms with Crippen LogP contribution in [0.5, 0.6) is 11.5 Å². The van der Waals surface area contributed by atoms with E-state index in [2.05, 4.69) is 10.3 Å². The number of benzene rings is 3. The maximum Gasteiger partial charge on any atom is 0.261 e. The summed E-state index contributed by atoms with van der Waals surface area (Å²) in [5.41, 5.74) is 1.12. The Hall–Kier alpha value is -3.58. The number of aromatic nitrogens is 2. The van der Waals surface area contributed by atoms with Gasteiger partial charge >= 0.3 is 0 Å². The van der Waals surface area contributed by atoms with E-state index in [9.17, 15) is 9.59 Å². The maximum absolute atomic E-state index is 12.5. The fourth-order valence-electron chi connectivity index (χ4n) is 2.92. The molecule has 1 heterocycles. The van der Waals surface area contributed by atoms with E-state index in [0.717, 1.165) is 5.75 Å². The second-order valence-corrected chi connectivity index (χ2v) is 7.50. The lowest BCUT2D eigenvalue weighted by Gasteiger charge is -2.10. The van der Waals surface area contributed by atoms with E-state index < -0.39 is 0 Å². The quantitative estimate of drug-likeness (QED) is 0.370. The molecule has 6 nitrogen and oxygen atoms in total. The highest BCUT2D eigenvalue weighted by Gasteiger charge is 2.11. The highest BCUT2D eigenvalue weighted by atomic mass is 32.2. The Morgan fingerprint density at radius 1 is 1.00 bits per heavy atom. The van der Waals surface area contributed by atoms with E-state index in [0.29, 0.717) is 27.5 Å². The van der Waals surface area contributed by atoms with Crippen molar-refractivity contribution in [2.24, 2.45) is 7.05 Å². The molecular weight excluding hydrogens is 398 g/mol. The molecule has 0 bridgehead atoms. The van der Waals surface area contributed by atoms with E-state index in [1.54, 1.807) is 37.4 Å². The Kier molecular flexibility index (Phi) is 5.81. The van der Waals surface area contributed by atoms with Crippen molar-refractivity contribution < 1.29 is 9.53 Å². The van der Waals surface area contributed by atoms with E-state index in [1.807, 2.05) is 48.5 Å². The second-order valence-electron chi connectivity index (χ2n) is 6.56. The molecular formula is C23H19N3O3S. The van der Waals surface area contributed by atoms with Crippen LogP contribution in [-0.4, -0.2) is 21.2 Å². The van der Waals surface area contributed by atoms with Gasteiger partial charge in [-0.1, -0.05) is 48.2 Å². The molecule has 1 aromatic heterocycles. The third-order valence-electron chi connectivity index (χ3n) is 4.37. The average Bonchev–Trinajstić information content (AvgIpc) is 2.76. The number of ether oxygens (including phenoxy) is 1. The van der Waals surface area contributed by atoms with Gasteiger partial charge < -0.3 is 10.1 Å². The zero-order chi connectivity index (χ0) is 20.9. The van der Waals surface area contributed by atoms with Crippen LogP contribution < -0.4 is 15.6 Å². The zero-order valence-corrected chi connectivity index (χ0v) is 17.1. The number of rotatable bonds is 6. The predicted molar refractivity (Wildman–Crippen MR) is 119 cm³/mol. The minimum absolute atomic E-state index is 0.127. The summed E-state index contributed by atoms with van der Waals surface area (Å²) >= 11 is 1.22. The van der Waals surface area contributed by atoms with Crippen molar-refractivity contribution in [2.75, 3.05) is 11.1 Å².